The molecule has 136 valence electrons. The standard InChI is InChI=1S/C21H35NO2/c1-5-9-10-11-16-24-20-13-12-18(17-23)21(19(20)8-4)22(14-6-2)15-7-3/h12-13,17H,5-11,14-16H2,1-4H3. The minimum Gasteiger partial charge on any atom is -0.493 e. The Morgan fingerprint density at radius 1 is 0.958 bits per heavy atom. The molecular formula is C21H35NO2. The fraction of sp³-hybridized carbons (Fsp3) is 0.667. The Morgan fingerprint density at radius 3 is 2.21 bits per heavy atom. The van der Waals surface area contributed by atoms with E-state index in [1.54, 1.807) is 0 Å². The van der Waals surface area contributed by atoms with Crippen LogP contribution >= 0.6 is 0 Å². The predicted molar refractivity (Wildman–Crippen MR) is 104 cm³/mol. The van der Waals surface area contributed by atoms with Crippen molar-refractivity contribution in [3.63, 3.8) is 0 Å². The van der Waals surface area contributed by atoms with E-state index in [1.165, 1.54) is 24.8 Å². The minimum atomic E-state index is 0.758. The number of ether oxygens (including phenoxy) is 1. The first kappa shape index (κ1) is 20.5. The molecule has 0 atom stereocenters. The van der Waals surface area contributed by atoms with Crippen LogP contribution in [0.5, 0.6) is 5.75 Å². The Balaban J connectivity index is 3.05. The molecule has 0 aliphatic rings. The van der Waals surface area contributed by atoms with Crippen molar-refractivity contribution in [1.82, 2.24) is 0 Å². The lowest BCUT2D eigenvalue weighted by Gasteiger charge is -2.29. The van der Waals surface area contributed by atoms with E-state index >= 15 is 0 Å². The average molecular weight is 334 g/mol. The quantitative estimate of drug-likeness (QED) is 0.345. The van der Waals surface area contributed by atoms with Crippen molar-refractivity contribution in [2.45, 2.75) is 72.6 Å². The fourth-order valence-electron chi connectivity index (χ4n) is 3.17. The normalized spacial score (nSPS) is 10.7. The van der Waals surface area contributed by atoms with Crippen LogP contribution in [-0.4, -0.2) is 26.0 Å². The van der Waals surface area contributed by atoms with E-state index in [9.17, 15) is 4.79 Å². The number of unbranched alkanes of at least 4 members (excludes halogenated alkanes) is 3. The highest BCUT2D eigenvalue weighted by Gasteiger charge is 2.18. The third kappa shape index (κ3) is 5.85. The lowest BCUT2D eigenvalue weighted by atomic mass is 10.0. The average Bonchev–Trinajstić information content (AvgIpc) is 2.60. The number of anilines is 1. The number of benzene rings is 1. The van der Waals surface area contributed by atoms with Gasteiger partial charge in [0.1, 0.15) is 5.75 Å². The molecular weight excluding hydrogens is 298 g/mol. The van der Waals surface area contributed by atoms with E-state index in [4.69, 9.17) is 4.74 Å². The Kier molecular flexibility index (Phi) is 10.2. The van der Waals surface area contributed by atoms with Crippen LogP contribution in [0.15, 0.2) is 12.1 Å². The van der Waals surface area contributed by atoms with Crippen LogP contribution < -0.4 is 9.64 Å². The van der Waals surface area contributed by atoms with Gasteiger partial charge in [-0.3, -0.25) is 4.79 Å². The van der Waals surface area contributed by atoms with E-state index < -0.39 is 0 Å². The molecule has 0 amide bonds. The van der Waals surface area contributed by atoms with Gasteiger partial charge in [0.15, 0.2) is 6.29 Å². The maximum absolute atomic E-state index is 11.6. The van der Waals surface area contributed by atoms with Crippen LogP contribution in [0.3, 0.4) is 0 Å². The number of aldehydes is 1. The van der Waals surface area contributed by atoms with Gasteiger partial charge in [-0.2, -0.15) is 0 Å². The first-order chi connectivity index (χ1) is 11.7. The molecule has 0 aromatic heterocycles. The second-order valence-electron chi connectivity index (χ2n) is 6.35. The summed E-state index contributed by atoms with van der Waals surface area (Å²) in [6.07, 6.45) is 8.82. The molecule has 0 fully saturated rings. The van der Waals surface area contributed by atoms with E-state index in [1.807, 2.05) is 12.1 Å². The number of hydrogen-bond donors (Lipinski definition) is 0. The van der Waals surface area contributed by atoms with E-state index in [0.717, 1.165) is 68.7 Å². The van der Waals surface area contributed by atoms with Crippen molar-refractivity contribution < 1.29 is 9.53 Å². The van der Waals surface area contributed by atoms with Gasteiger partial charge in [-0.05, 0) is 37.8 Å². The summed E-state index contributed by atoms with van der Waals surface area (Å²) in [6.45, 7) is 11.4. The summed E-state index contributed by atoms with van der Waals surface area (Å²) in [7, 11) is 0. The summed E-state index contributed by atoms with van der Waals surface area (Å²) in [6, 6.07) is 3.89. The molecule has 1 aromatic carbocycles. The van der Waals surface area contributed by atoms with Gasteiger partial charge in [0.05, 0.1) is 12.3 Å². The summed E-state index contributed by atoms with van der Waals surface area (Å²) >= 11 is 0. The van der Waals surface area contributed by atoms with Crippen molar-refractivity contribution in [3.05, 3.63) is 23.3 Å². The van der Waals surface area contributed by atoms with Gasteiger partial charge in [-0.25, -0.2) is 0 Å². The topological polar surface area (TPSA) is 29.5 Å². The Bertz CT molecular complexity index is 479. The highest BCUT2D eigenvalue weighted by Crippen LogP contribution is 2.33. The van der Waals surface area contributed by atoms with Gasteiger partial charge in [-0.15, -0.1) is 0 Å². The molecule has 0 bridgehead atoms. The van der Waals surface area contributed by atoms with Crippen LogP contribution in [-0.2, 0) is 6.42 Å². The number of rotatable bonds is 13. The molecule has 0 N–H and O–H groups in total. The predicted octanol–water partition coefficient (Wildman–Crippen LogP) is 5.65. The number of carbonyl (C=O) groups excluding carboxylic acids is 1. The second kappa shape index (κ2) is 11.9. The van der Waals surface area contributed by atoms with Gasteiger partial charge in [0.2, 0.25) is 0 Å². The second-order valence-corrected chi connectivity index (χ2v) is 6.35. The largest absolute Gasteiger partial charge is 0.493 e. The van der Waals surface area contributed by atoms with E-state index in [-0.39, 0.29) is 0 Å². The molecule has 3 nitrogen and oxygen atoms in total. The summed E-state index contributed by atoms with van der Waals surface area (Å²) in [5.74, 6) is 0.951. The first-order valence-corrected chi connectivity index (χ1v) is 9.72. The van der Waals surface area contributed by atoms with Crippen LogP contribution in [0.2, 0.25) is 0 Å². The molecule has 0 heterocycles. The van der Waals surface area contributed by atoms with E-state index in [0.29, 0.717) is 0 Å². The summed E-state index contributed by atoms with van der Waals surface area (Å²) in [4.78, 5) is 13.9. The van der Waals surface area contributed by atoms with Crippen molar-refractivity contribution in [3.8, 4) is 5.75 Å². The lowest BCUT2D eigenvalue weighted by molar-refractivity contribution is 0.112. The lowest BCUT2D eigenvalue weighted by Crippen LogP contribution is -2.27. The molecule has 0 aliphatic heterocycles. The maximum atomic E-state index is 11.6. The molecule has 0 saturated carbocycles. The first-order valence-electron chi connectivity index (χ1n) is 9.72. The molecule has 3 heteroatoms. The highest BCUT2D eigenvalue weighted by molar-refractivity contribution is 5.87. The number of nitrogens with zero attached hydrogens (tertiary/aromatic N) is 1. The van der Waals surface area contributed by atoms with Gasteiger partial charge >= 0.3 is 0 Å². The van der Waals surface area contributed by atoms with Crippen LogP contribution in [0, 0.1) is 0 Å². The van der Waals surface area contributed by atoms with Crippen LogP contribution in [0.4, 0.5) is 5.69 Å². The van der Waals surface area contributed by atoms with Gasteiger partial charge in [0.25, 0.3) is 0 Å². The van der Waals surface area contributed by atoms with Crippen molar-refractivity contribution in [2.24, 2.45) is 0 Å². The zero-order valence-electron chi connectivity index (χ0n) is 16.1. The van der Waals surface area contributed by atoms with Gasteiger partial charge in [0, 0.05) is 24.2 Å². The zero-order chi connectivity index (χ0) is 17.8. The summed E-state index contributed by atoms with van der Waals surface area (Å²) in [5.41, 5.74) is 3.05. The Labute approximate surface area is 148 Å². The molecule has 0 unspecified atom stereocenters. The Hall–Kier alpha value is -1.51. The smallest absolute Gasteiger partial charge is 0.152 e. The number of hydrogen-bond acceptors (Lipinski definition) is 3. The molecule has 0 aliphatic carbocycles. The maximum Gasteiger partial charge on any atom is 0.152 e. The molecule has 24 heavy (non-hydrogen) atoms. The SMILES string of the molecule is CCCCCCOc1ccc(C=O)c(N(CCC)CCC)c1CC. The molecule has 1 aromatic rings. The van der Waals surface area contributed by atoms with Crippen molar-refractivity contribution in [1.29, 1.82) is 0 Å². The van der Waals surface area contributed by atoms with Gasteiger partial charge < -0.3 is 9.64 Å². The molecule has 0 spiro atoms. The minimum absolute atomic E-state index is 0.758. The van der Waals surface area contributed by atoms with Crippen LogP contribution in [0.1, 0.15) is 82.1 Å². The van der Waals surface area contributed by atoms with Crippen LogP contribution in [0.25, 0.3) is 0 Å². The summed E-state index contributed by atoms with van der Waals surface area (Å²) < 4.78 is 6.08. The zero-order valence-corrected chi connectivity index (χ0v) is 16.1. The van der Waals surface area contributed by atoms with Gasteiger partial charge in [-0.1, -0.05) is 47.0 Å². The van der Waals surface area contributed by atoms with Crippen molar-refractivity contribution >= 4 is 12.0 Å². The third-order valence-electron chi connectivity index (χ3n) is 4.31. The highest BCUT2D eigenvalue weighted by atomic mass is 16.5. The number of carbonyl (C=O) groups is 1. The van der Waals surface area contributed by atoms with Crippen molar-refractivity contribution in [2.75, 3.05) is 24.6 Å². The monoisotopic (exact) mass is 333 g/mol. The molecule has 0 radical (unpaired) electrons. The summed E-state index contributed by atoms with van der Waals surface area (Å²) in [5, 5.41) is 0. The fourth-order valence-corrected chi connectivity index (χ4v) is 3.17. The van der Waals surface area contributed by atoms with E-state index in [2.05, 4.69) is 32.6 Å². The molecule has 0 saturated heterocycles. The third-order valence-corrected chi connectivity index (χ3v) is 4.31. The molecule has 1 rings (SSSR count). The Morgan fingerprint density at radius 2 is 1.67 bits per heavy atom.